The molecule has 4 aromatic rings. The van der Waals surface area contributed by atoms with Crippen LogP contribution in [0.1, 0.15) is 71.0 Å². The molecule has 0 aromatic heterocycles. The first-order chi connectivity index (χ1) is 30.8. The van der Waals surface area contributed by atoms with Crippen molar-refractivity contribution in [3.05, 3.63) is 112 Å². The predicted octanol–water partition coefficient (Wildman–Crippen LogP) is 2.79. The van der Waals surface area contributed by atoms with E-state index in [4.69, 9.17) is 17.3 Å². The third-order valence-corrected chi connectivity index (χ3v) is 11.8. The van der Waals surface area contributed by atoms with Crippen molar-refractivity contribution >= 4 is 63.2 Å². The van der Waals surface area contributed by atoms with E-state index in [1.807, 2.05) is 12.1 Å². The number of nitrogens with one attached hydrogen (secondary N) is 5. The first-order valence-electron chi connectivity index (χ1n) is 20.7. The highest BCUT2D eigenvalue weighted by atomic mass is 35.5. The average Bonchev–Trinajstić information content (AvgIpc) is 3.27. The molecule has 17 nitrogen and oxygen atoms in total. The van der Waals surface area contributed by atoms with Gasteiger partial charge in [-0.1, -0.05) is 54.1 Å². The number of aldehydes is 1. The molecule has 344 valence electrons. The van der Waals surface area contributed by atoms with Crippen molar-refractivity contribution in [3.8, 4) is 28.0 Å². The van der Waals surface area contributed by atoms with Crippen LogP contribution in [0, 0.1) is 0 Å². The quantitative estimate of drug-likeness (QED) is 0.0635. The number of phenolic OH excluding ortho intramolecular Hbond substituents is 1. The van der Waals surface area contributed by atoms with Crippen molar-refractivity contribution in [1.29, 1.82) is 0 Å². The van der Waals surface area contributed by atoms with Crippen molar-refractivity contribution in [1.82, 2.24) is 30.9 Å². The van der Waals surface area contributed by atoms with Crippen molar-refractivity contribution in [3.63, 3.8) is 0 Å². The maximum absolute atomic E-state index is 14.6. The molecule has 0 aliphatic carbocycles. The summed E-state index contributed by atoms with van der Waals surface area (Å²) in [6.45, 7) is 2.43. The molecule has 5 amide bonds. The van der Waals surface area contributed by atoms with Crippen LogP contribution in [0.15, 0.2) is 84.9 Å². The van der Waals surface area contributed by atoms with E-state index >= 15 is 0 Å². The Hall–Kier alpha value is -6.47. The number of nitrogens with zero attached hydrogens (tertiary/aromatic N) is 1. The monoisotopic (exact) mass is 929 g/mol. The van der Waals surface area contributed by atoms with Crippen molar-refractivity contribution < 1.29 is 47.1 Å². The molecule has 1 aliphatic rings. The summed E-state index contributed by atoms with van der Waals surface area (Å²) in [4.78, 5) is 96.6. The molecule has 0 radical (unpaired) electrons. The number of sulfonamides is 1. The molecule has 5 atom stereocenters. The molecule has 4 aromatic carbocycles. The lowest BCUT2D eigenvalue weighted by atomic mass is 9.91. The fourth-order valence-corrected chi connectivity index (χ4v) is 7.76. The highest BCUT2D eigenvalue weighted by Crippen LogP contribution is 2.36. The van der Waals surface area contributed by atoms with Crippen LogP contribution < -0.4 is 31.7 Å². The summed E-state index contributed by atoms with van der Waals surface area (Å²) in [5, 5.41) is 22.3. The minimum atomic E-state index is -3.72. The molecular formula is C46H52ClN7O10S. The van der Waals surface area contributed by atoms with Crippen LogP contribution >= 0.6 is 11.6 Å². The van der Waals surface area contributed by atoms with E-state index in [0.29, 0.717) is 36.3 Å². The number of unbranched alkanes of at least 4 members (excludes halogenated alkanes) is 1. The van der Waals surface area contributed by atoms with E-state index in [-0.39, 0.29) is 46.4 Å². The molecule has 65 heavy (non-hydrogen) atoms. The summed E-state index contributed by atoms with van der Waals surface area (Å²) in [6.07, 6.45) is 2.37. The number of phenols is 1. The summed E-state index contributed by atoms with van der Waals surface area (Å²) >= 11 is 6.04. The Morgan fingerprint density at radius 3 is 2.20 bits per heavy atom. The minimum absolute atomic E-state index is 0.112. The van der Waals surface area contributed by atoms with Crippen molar-refractivity contribution in [2.24, 2.45) is 5.73 Å². The second kappa shape index (κ2) is 21.9. The normalized spacial score (nSPS) is 17.3. The van der Waals surface area contributed by atoms with Crippen LogP contribution in [0.3, 0.4) is 0 Å². The number of halogens is 1. The van der Waals surface area contributed by atoms with Crippen LogP contribution in [0.4, 0.5) is 0 Å². The lowest BCUT2D eigenvalue weighted by molar-refractivity contribution is -0.141. The Kier molecular flexibility index (Phi) is 16.7. The van der Waals surface area contributed by atoms with Gasteiger partial charge >= 0.3 is 0 Å². The second-order valence-corrected chi connectivity index (χ2v) is 18.1. The number of hydrogen-bond acceptors (Lipinski definition) is 11. The fourth-order valence-electron chi connectivity index (χ4n) is 7.23. The zero-order chi connectivity index (χ0) is 47.6. The Labute approximate surface area is 381 Å². The summed E-state index contributed by atoms with van der Waals surface area (Å²) in [7, 11) is -2.35. The average molecular weight is 930 g/mol. The molecule has 19 heteroatoms. The van der Waals surface area contributed by atoms with Gasteiger partial charge in [-0.25, -0.2) is 13.1 Å². The molecule has 1 aliphatic heterocycles. The largest absolute Gasteiger partial charge is 0.507 e. The molecule has 0 spiro atoms. The fraction of sp³-hybridized carbons (Fsp3) is 0.326. The molecule has 4 bridgehead atoms. The van der Waals surface area contributed by atoms with Gasteiger partial charge in [0.15, 0.2) is 12.1 Å². The maximum atomic E-state index is 14.6. The highest BCUT2D eigenvalue weighted by Gasteiger charge is 2.36. The highest BCUT2D eigenvalue weighted by molar-refractivity contribution is 7.88. The van der Waals surface area contributed by atoms with E-state index < -0.39 is 82.1 Å². The zero-order valence-electron chi connectivity index (χ0n) is 36.2. The van der Waals surface area contributed by atoms with E-state index in [1.165, 1.54) is 57.3 Å². The topological polar surface area (TPSA) is 263 Å². The molecule has 0 unspecified atom stereocenters. The number of likely N-dealkylation sites (N-methyl/N-ethyl adjacent to an activating group) is 1. The molecule has 0 fully saturated rings. The number of fused-ring (bicyclic) bond motifs is 5. The summed E-state index contributed by atoms with van der Waals surface area (Å²) in [6, 6.07) is 16.2. The van der Waals surface area contributed by atoms with Gasteiger partial charge in [0.2, 0.25) is 33.7 Å². The van der Waals surface area contributed by atoms with E-state index in [0.717, 1.165) is 22.3 Å². The van der Waals surface area contributed by atoms with Gasteiger partial charge in [0.1, 0.15) is 29.9 Å². The lowest BCUT2D eigenvalue weighted by Crippen LogP contribution is -2.57. The number of rotatable bonds is 16. The summed E-state index contributed by atoms with van der Waals surface area (Å²) in [5.41, 5.74) is 8.78. The van der Waals surface area contributed by atoms with E-state index in [9.17, 15) is 47.1 Å². The van der Waals surface area contributed by atoms with Gasteiger partial charge in [0.05, 0.1) is 18.8 Å². The third kappa shape index (κ3) is 13.1. The van der Waals surface area contributed by atoms with E-state index in [1.54, 1.807) is 36.4 Å². The third-order valence-electron chi connectivity index (χ3n) is 10.9. The van der Waals surface area contributed by atoms with Gasteiger partial charge in [-0.3, -0.25) is 33.6 Å². The Balaban J connectivity index is 1.49. The Morgan fingerprint density at radius 2 is 1.57 bits per heavy atom. The first-order valence-corrected chi connectivity index (χ1v) is 23.0. The smallest absolute Gasteiger partial charge is 0.251 e. The zero-order valence-corrected chi connectivity index (χ0v) is 37.8. The molecule has 0 saturated heterocycles. The number of carbonyl (C=O) groups excluding carboxylic acids is 7. The van der Waals surface area contributed by atoms with Crippen LogP contribution in [0.2, 0.25) is 5.02 Å². The number of benzene rings is 4. The Bertz CT molecular complexity index is 2560. The van der Waals surface area contributed by atoms with Crippen LogP contribution in [-0.2, 0) is 40.4 Å². The maximum Gasteiger partial charge on any atom is 0.251 e. The van der Waals surface area contributed by atoms with Gasteiger partial charge in [0, 0.05) is 35.2 Å². The van der Waals surface area contributed by atoms with Crippen LogP contribution in [0.25, 0.3) is 22.3 Å². The number of ketones is 1. The van der Waals surface area contributed by atoms with Gasteiger partial charge in [-0.2, -0.15) is 0 Å². The molecule has 0 saturated carbocycles. The molecular weight excluding hydrogens is 878 g/mol. The lowest BCUT2D eigenvalue weighted by Gasteiger charge is -2.32. The first kappa shape index (κ1) is 49.5. The number of amides is 5. The van der Waals surface area contributed by atoms with Crippen molar-refractivity contribution in [2.45, 2.75) is 69.7 Å². The predicted molar refractivity (Wildman–Crippen MR) is 244 cm³/mol. The van der Waals surface area contributed by atoms with Gasteiger partial charge in [-0.15, -0.1) is 0 Å². The van der Waals surface area contributed by atoms with Crippen molar-refractivity contribution in [2.75, 3.05) is 26.4 Å². The summed E-state index contributed by atoms with van der Waals surface area (Å²) < 4.78 is 25.2. The SMILES string of the molecule is C[C@H](NC(=O)[C@@H]1Cc2ccc(O)c(c2)-c2cc(ccc2C=O)[C@H](N(C)C(=O)[C@H](CCCCN)NC(=O)c2ccc(-c3ccc(Cl)cc3)cc2)C(=O)N[C@@H](C)C(=O)N1)C(=O)CNS(C)(=O)=O. The summed E-state index contributed by atoms with van der Waals surface area (Å²) in [5.74, 6) is -4.63. The molecule has 5 rings (SSSR count). The number of hydrogen-bond donors (Lipinski definition) is 7. The number of carbonyl (C=O) groups is 7. The minimum Gasteiger partial charge on any atom is -0.507 e. The van der Waals surface area contributed by atoms with Gasteiger partial charge < -0.3 is 37.0 Å². The number of Topliss-reactive ketones (excluding diaryl/α,β-unsaturated/α-hetero) is 1. The standard InChI is InChI=1S/C46H52ClN7O10S/c1-26(40(57)24-49-65(4,63)64)50-44(60)38-22-28-8-19-39(56)36(21-28)35-23-32(13-14-33(35)25-55)41(45(61)51-27(2)42(58)53-38)54(3)46(62)37(7-5-6-20-48)52-43(59)31-11-9-29(10-12-31)30-15-17-34(47)18-16-30/h8-19,21,23,25-27,37-38,41,49,56H,5-7,20,22,24,48H2,1-4H3,(H,50,60)(H,51,61)(H,52,59)(H,53,58)/t26-,27-,37-,38-,41-/m0/s1. The van der Waals surface area contributed by atoms with Crippen LogP contribution in [-0.4, -0.2) is 111 Å². The Morgan fingerprint density at radius 1 is 0.908 bits per heavy atom. The van der Waals surface area contributed by atoms with Gasteiger partial charge in [0.25, 0.3) is 5.91 Å². The van der Waals surface area contributed by atoms with Crippen LogP contribution in [0.5, 0.6) is 5.75 Å². The molecule has 8 N–H and O–H groups in total. The molecule has 1 heterocycles. The number of nitrogens with two attached hydrogens (primary N) is 1. The second-order valence-electron chi connectivity index (χ2n) is 15.8. The number of aromatic hydroxyl groups is 1. The van der Waals surface area contributed by atoms with E-state index in [2.05, 4.69) is 26.0 Å². The van der Waals surface area contributed by atoms with Gasteiger partial charge in [-0.05, 0) is 110 Å².